The molecule has 0 aliphatic carbocycles. The summed E-state index contributed by atoms with van der Waals surface area (Å²) < 4.78 is 12.8. The van der Waals surface area contributed by atoms with Gasteiger partial charge in [0.15, 0.2) is 0 Å². The molecule has 0 heterocycles. The monoisotopic (exact) mass is 207 g/mol. The first-order chi connectivity index (χ1) is 7.06. The van der Waals surface area contributed by atoms with Crippen LogP contribution in [0.15, 0.2) is 30.9 Å². The lowest BCUT2D eigenvalue weighted by Gasteiger charge is -2.16. The molecule has 0 aliphatic heterocycles. The van der Waals surface area contributed by atoms with Gasteiger partial charge in [0, 0.05) is 19.2 Å². The van der Waals surface area contributed by atoms with Crippen LogP contribution in [0.25, 0.3) is 0 Å². The van der Waals surface area contributed by atoms with Crippen molar-refractivity contribution in [3.63, 3.8) is 0 Å². The quantitative estimate of drug-likeness (QED) is 0.697. The molecule has 1 aromatic carbocycles. The molecule has 0 bridgehead atoms. The zero-order valence-corrected chi connectivity index (χ0v) is 8.96. The molecule has 0 saturated carbocycles. The van der Waals surface area contributed by atoms with Crippen molar-refractivity contribution in [2.45, 2.75) is 6.92 Å². The average molecular weight is 207 g/mol. The van der Waals surface area contributed by atoms with Gasteiger partial charge < -0.3 is 4.90 Å². The van der Waals surface area contributed by atoms with Crippen LogP contribution in [0.5, 0.6) is 0 Å². The third-order valence-electron chi connectivity index (χ3n) is 2.17. The third kappa shape index (κ3) is 2.65. The van der Waals surface area contributed by atoms with Crippen LogP contribution >= 0.6 is 0 Å². The van der Waals surface area contributed by atoms with Gasteiger partial charge in [-0.15, -0.1) is 6.58 Å². The Balaban J connectivity index is 2.96. The molecule has 15 heavy (non-hydrogen) atoms. The number of aryl methyl sites for hydroxylation is 1. The molecule has 1 aromatic rings. The number of likely N-dealkylation sites (N-methyl/N-ethyl adjacent to an activating group) is 1. The summed E-state index contributed by atoms with van der Waals surface area (Å²) >= 11 is 0. The molecule has 0 N–H and O–H groups in total. The van der Waals surface area contributed by atoms with Crippen molar-refractivity contribution in [2.24, 2.45) is 0 Å². The van der Waals surface area contributed by atoms with Crippen molar-refractivity contribution in [1.82, 2.24) is 4.90 Å². The zero-order valence-electron chi connectivity index (χ0n) is 8.96. The Morgan fingerprint density at radius 3 is 2.80 bits per heavy atom. The van der Waals surface area contributed by atoms with Crippen molar-refractivity contribution in [2.75, 3.05) is 13.6 Å². The molecule has 2 nitrogen and oxygen atoms in total. The number of benzene rings is 1. The van der Waals surface area contributed by atoms with Gasteiger partial charge in [0.2, 0.25) is 0 Å². The predicted octanol–water partition coefficient (Wildman–Crippen LogP) is 2.39. The summed E-state index contributed by atoms with van der Waals surface area (Å²) in [6, 6.07) is 4.16. The highest BCUT2D eigenvalue weighted by Crippen LogP contribution is 2.12. The van der Waals surface area contributed by atoms with E-state index in [0.29, 0.717) is 17.7 Å². The molecule has 1 amide bonds. The zero-order chi connectivity index (χ0) is 11.4. The Labute approximate surface area is 89.0 Å². The van der Waals surface area contributed by atoms with Crippen LogP contribution in [0.4, 0.5) is 4.39 Å². The average Bonchev–Trinajstić information content (AvgIpc) is 2.17. The van der Waals surface area contributed by atoms with E-state index in [2.05, 4.69) is 6.58 Å². The summed E-state index contributed by atoms with van der Waals surface area (Å²) in [4.78, 5) is 13.4. The highest BCUT2D eigenvalue weighted by Gasteiger charge is 2.12. The second-order valence-electron chi connectivity index (χ2n) is 3.43. The molecule has 0 unspecified atom stereocenters. The fourth-order valence-electron chi connectivity index (χ4n) is 1.35. The Morgan fingerprint density at radius 2 is 2.27 bits per heavy atom. The number of amides is 1. The summed E-state index contributed by atoms with van der Waals surface area (Å²) in [5.74, 6) is -0.442. The van der Waals surface area contributed by atoms with Gasteiger partial charge in [-0.25, -0.2) is 4.39 Å². The van der Waals surface area contributed by atoms with Crippen LogP contribution in [0.3, 0.4) is 0 Å². The van der Waals surface area contributed by atoms with E-state index in [-0.39, 0.29) is 11.7 Å². The summed E-state index contributed by atoms with van der Waals surface area (Å²) in [5, 5.41) is 0. The Hall–Kier alpha value is -1.64. The van der Waals surface area contributed by atoms with Gasteiger partial charge in [-0.3, -0.25) is 4.79 Å². The topological polar surface area (TPSA) is 20.3 Å². The molecule has 0 aliphatic rings. The summed E-state index contributed by atoms with van der Waals surface area (Å²) in [7, 11) is 1.69. The third-order valence-corrected chi connectivity index (χ3v) is 2.17. The van der Waals surface area contributed by atoms with E-state index in [1.54, 1.807) is 20.0 Å². The van der Waals surface area contributed by atoms with Gasteiger partial charge in [0.05, 0.1) is 0 Å². The van der Waals surface area contributed by atoms with Crippen LogP contribution < -0.4 is 0 Å². The first kappa shape index (κ1) is 11.4. The van der Waals surface area contributed by atoms with E-state index < -0.39 is 0 Å². The minimum absolute atomic E-state index is 0.118. The summed E-state index contributed by atoms with van der Waals surface area (Å²) in [5.41, 5.74) is 1.18. The molecule has 3 heteroatoms. The molecule has 0 fully saturated rings. The van der Waals surface area contributed by atoms with Crippen LogP contribution in [-0.2, 0) is 0 Å². The van der Waals surface area contributed by atoms with E-state index >= 15 is 0 Å². The number of rotatable bonds is 3. The van der Waals surface area contributed by atoms with E-state index in [0.717, 1.165) is 0 Å². The molecular weight excluding hydrogens is 193 g/mol. The summed E-state index contributed by atoms with van der Waals surface area (Å²) in [6.07, 6.45) is 1.65. The summed E-state index contributed by atoms with van der Waals surface area (Å²) in [6.45, 7) is 5.76. The van der Waals surface area contributed by atoms with Crippen LogP contribution in [0.2, 0.25) is 0 Å². The van der Waals surface area contributed by atoms with E-state index in [4.69, 9.17) is 0 Å². The molecule has 0 saturated heterocycles. The second-order valence-corrected chi connectivity index (χ2v) is 3.43. The molecule has 0 radical (unpaired) electrons. The fraction of sp³-hybridized carbons (Fsp3) is 0.250. The maximum atomic E-state index is 12.8. The fourth-order valence-corrected chi connectivity index (χ4v) is 1.35. The lowest BCUT2D eigenvalue weighted by Crippen LogP contribution is -2.27. The maximum Gasteiger partial charge on any atom is 0.254 e. The molecule has 0 spiro atoms. The Kier molecular flexibility index (Phi) is 3.61. The van der Waals surface area contributed by atoms with Crippen molar-refractivity contribution >= 4 is 5.91 Å². The maximum absolute atomic E-state index is 12.8. The smallest absolute Gasteiger partial charge is 0.254 e. The van der Waals surface area contributed by atoms with Crippen LogP contribution in [-0.4, -0.2) is 24.4 Å². The van der Waals surface area contributed by atoms with Crippen LogP contribution in [0.1, 0.15) is 15.9 Å². The lowest BCUT2D eigenvalue weighted by molar-refractivity contribution is 0.0809. The highest BCUT2D eigenvalue weighted by molar-refractivity contribution is 5.95. The Bertz CT molecular complexity index is 387. The molecule has 80 valence electrons. The van der Waals surface area contributed by atoms with E-state index in [1.807, 2.05) is 0 Å². The number of hydrogen-bond acceptors (Lipinski definition) is 1. The van der Waals surface area contributed by atoms with Crippen molar-refractivity contribution in [3.05, 3.63) is 47.8 Å². The number of halogens is 1. The van der Waals surface area contributed by atoms with Gasteiger partial charge >= 0.3 is 0 Å². The standard InChI is InChI=1S/C12H14FNO/c1-4-7-14(3)12(15)11-6-5-10(13)8-9(11)2/h4-6,8H,1,7H2,2-3H3. The lowest BCUT2D eigenvalue weighted by atomic mass is 10.1. The van der Waals surface area contributed by atoms with Gasteiger partial charge in [-0.2, -0.15) is 0 Å². The molecule has 0 atom stereocenters. The predicted molar refractivity (Wildman–Crippen MR) is 58.3 cm³/mol. The first-order valence-corrected chi connectivity index (χ1v) is 4.68. The van der Waals surface area contributed by atoms with Crippen molar-refractivity contribution in [3.8, 4) is 0 Å². The van der Waals surface area contributed by atoms with E-state index in [9.17, 15) is 9.18 Å². The second kappa shape index (κ2) is 4.73. The van der Waals surface area contributed by atoms with Crippen molar-refractivity contribution < 1.29 is 9.18 Å². The SMILES string of the molecule is C=CCN(C)C(=O)c1ccc(F)cc1C. The molecule has 1 rings (SSSR count). The molecular formula is C12H14FNO. The minimum Gasteiger partial charge on any atom is -0.338 e. The van der Waals surface area contributed by atoms with Gasteiger partial charge in [0.25, 0.3) is 5.91 Å². The number of nitrogens with zero attached hydrogens (tertiary/aromatic N) is 1. The van der Waals surface area contributed by atoms with E-state index in [1.165, 1.54) is 23.1 Å². The largest absolute Gasteiger partial charge is 0.338 e. The number of carbonyl (C=O) groups is 1. The number of carbonyl (C=O) groups excluding carboxylic acids is 1. The first-order valence-electron chi connectivity index (χ1n) is 4.68. The minimum atomic E-state index is -0.324. The van der Waals surface area contributed by atoms with Crippen LogP contribution in [0, 0.1) is 12.7 Å². The van der Waals surface area contributed by atoms with Crippen molar-refractivity contribution in [1.29, 1.82) is 0 Å². The Morgan fingerprint density at radius 1 is 1.60 bits per heavy atom. The molecule has 0 aromatic heterocycles. The normalized spacial score (nSPS) is 9.80. The highest BCUT2D eigenvalue weighted by atomic mass is 19.1. The van der Waals surface area contributed by atoms with Gasteiger partial charge in [0.1, 0.15) is 5.82 Å². The van der Waals surface area contributed by atoms with Gasteiger partial charge in [-0.1, -0.05) is 6.08 Å². The van der Waals surface area contributed by atoms with Gasteiger partial charge in [-0.05, 0) is 30.7 Å². The number of hydrogen-bond donors (Lipinski definition) is 0.